The van der Waals surface area contributed by atoms with Gasteiger partial charge in [0.1, 0.15) is 6.17 Å². The Labute approximate surface area is 117 Å². The van der Waals surface area contributed by atoms with Crippen molar-refractivity contribution in [3.05, 3.63) is 65.9 Å². The Kier molecular flexibility index (Phi) is 2.52. The summed E-state index contributed by atoms with van der Waals surface area (Å²) >= 11 is 0. The molecule has 0 saturated heterocycles. The first kappa shape index (κ1) is 11.2. The van der Waals surface area contributed by atoms with Gasteiger partial charge in [0.15, 0.2) is 11.5 Å². The van der Waals surface area contributed by atoms with Crippen molar-refractivity contribution in [2.75, 3.05) is 6.79 Å². The fourth-order valence-electron chi connectivity index (χ4n) is 2.46. The van der Waals surface area contributed by atoms with Crippen LogP contribution in [0.25, 0.3) is 5.70 Å². The minimum atomic E-state index is 0.108. The van der Waals surface area contributed by atoms with E-state index < -0.39 is 0 Å². The molecular weight excluding hydrogens is 252 g/mol. The first-order valence-electron chi connectivity index (χ1n) is 6.58. The van der Waals surface area contributed by atoms with Crippen molar-refractivity contribution in [2.24, 2.45) is 0 Å². The summed E-state index contributed by atoms with van der Waals surface area (Å²) in [6.45, 7) is 0.302. The van der Waals surface area contributed by atoms with E-state index in [4.69, 9.17) is 9.47 Å². The minimum Gasteiger partial charge on any atom is -0.454 e. The topological polar surface area (TPSA) is 42.5 Å². The van der Waals surface area contributed by atoms with Gasteiger partial charge < -0.3 is 20.1 Å². The molecule has 0 saturated carbocycles. The number of hydrogen-bond donors (Lipinski definition) is 2. The highest BCUT2D eigenvalue weighted by Gasteiger charge is 2.20. The lowest BCUT2D eigenvalue weighted by Gasteiger charge is -2.14. The third kappa shape index (κ3) is 1.86. The van der Waals surface area contributed by atoms with Crippen LogP contribution in [-0.4, -0.2) is 6.79 Å². The molecule has 0 amide bonds. The Hall–Kier alpha value is -2.62. The molecule has 2 aliphatic rings. The zero-order chi connectivity index (χ0) is 13.4. The van der Waals surface area contributed by atoms with Gasteiger partial charge in [0.2, 0.25) is 6.79 Å². The van der Waals surface area contributed by atoms with E-state index in [1.165, 1.54) is 5.56 Å². The first-order valence-corrected chi connectivity index (χ1v) is 6.58. The van der Waals surface area contributed by atoms with Crippen LogP contribution < -0.4 is 20.1 Å². The second-order valence-corrected chi connectivity index (χ2v) is 4.78. The van der Waals surface area contributed by atoms with Crippen molar-refractivity contribution in [1.82, 2.24) is 10.6 Å². The molecule has 0 aromatic heterocycles. The predicted molar refractivity (Wildman–Crippen MR) is 76.0 cm³/mol. The van der Waals surface area contributed by atoms with Crippen LogP contribution >= 0.6 is 0 Å². The van der Waals surface area contributed by atoms with Gasteiger partial charge in [0.05, 0.1) is 5.70 Å². The molecule has 2 N–H and O–H groups in total. The zero-order valence-corrected chi connectivity index (χ0v) is 10.8. The SMILES string of the molecule is C1=C(c2ccc3c(c2)OCO3)NC(c2ccccc2)N1. The summed E-state index contributed by atoms with van der Waals surface area (Å²) in [5.41, 5.74) is 3.34. The van der Waals surface area contributed by atoms with Crippen LogP contribution in [0.3, 0.4) is 0 Å². The minimum absolute atomic E-state index is 0.108. The lowest BCUT2D eigenvalue weighted by atomic mass is 10.1. The first-order chi connectivity index (χ1) is 9.90. The molecule has 0 radical (unpaired) electrons. The van der Waals surface area contributed by atoms with E-state index in [9.17, 15) is 0 Å². The Bertz CT molecular complexity index is 667. The van der Waals surface area contributed by atoms with Crippen molar-refractivity contribution in [2.45, 2.75) is 6.17 Å². The summed E-state index contributed by atoms with van der Waals surface area (Å²) in [4.78, 5) is 0. The molecule has 0 bridgehead atoms. The van der Waals surface area contributed by atoms with Crippen LogP contribution in [0, 0.1) is 0 Å². The van der Waals surface area contributed by atoms with Crippen molar-refractivity contribution in [3.63, 3.8) is 0 Å². The van der Waals surface area contributed by atoms with Crippen LogP contribution in [0.5, 0.6) is 11.5 Å². The van der Waals surface area contributed by atoms with Gasteiger partial charge in [-0.3, -0.25) is 0 Å². The average Bonchev–Trinajstić information content (AvgIpc) is 3.16. The summed E-state index contributed by atoms with van der Waals surface area (Å²) in [5, 5.41) is 6.81. The molecule has 2 heterocycles. The lowest BCUT2D eigenvalue weighted by molar-refractivity contribution is 0.174. The van der Waals surface area contributed by atoms with E-state index in [2.05, 4.69) is 22.8 Å². The molecule has 0 fully saturated rings. The van der Waals surface area contributed by atoms with Gasteiger partial charge in [-0.05, 0) is 23.8 Å². The standard InChI is InChI=1S/C16H14N2O2/c1-2-4-11(5-3-1)16-17-9-13(18-16)12-6-7-14-15(8-12)20-10-19-14/h1-9,16-18H,10H2. The number of rotatable bonds is 2. The molecule has 0 spiro atoms. The molecule has 1 unspecified atom stereocenters. The van der Waals surface area contributed by atoms with E-state index in [0.717, 1.165) is 22.8 Å². The van der Waals surface area contributed by atoms with E-state index in [1.54, 1.807) is 0 Å². The third-order valence-electron chi connectivity index (χ3n) is 3.51. The second kappa shape index (κ2) is 4.49. The predicted octanol–water partition coefficient (Wildman–Crippen LogP) is 2.61. The third-order valence-corrected chi connectivity index (χ3v) is 3.51. The van der Waals surface area contributed by atoms with Gasteiger partial charge in [0, 0.05) is 11.8 Å². The van der Waals surface area contributed by atoms with Gasteiger partial charge in [-0.1, -0.05) is 30.3 Å². The smallest absolute Gasteiger partial charge is 0.231 e. The molecule has 4 nitrogen and oxygen atoms in total. The highest BCUT2D eigenvalue weighted by Crippen LogP contribution is 2.35. The maximum absolute atomic E-state index is 5.41. The van der Waals surface area contributed by atoms with Crippen molar-refractivity contribution >= 4 is 5.70 Å². The van der Waals surface area contributed by atoms with Crippen LogP contribution in [0.4, 0.5) is 0 Å². The van der Waals surface area contributed by atoms with E-state index in [1.807, 2.05) is 42.6 Å². The summed E-state index contributed by atoms with van der Waals surface area (Å²) in [5.74, 6) is 1.60. The summed E-state index contributed by atoms with van der Waals surface area (Å²) < 4.78 is 10.7. The molecule has 0 aliphatic carbocycles. The quantitative estimate of drug-likeness (QED) is 0.877. The molecule has 20 heavy (non-hydrogen) atoms. The highest BCUT2D eigenvalue weighted by molar-refractivity contribution is 5.68. The molecule has 1 atom stereocenters. The van der Waals surface area contributed by atoms with Gasteiger partial charge in [-0.2, -0.15) is 0 Å². The molecule has 4 rings (SSSR count). The fraction of sp³-hybridized carbons (Fsp3) is 0.125. The second-order valence-electron chi connectivity index (χ2n) is 4.78. The molecule has 100 valence electrons. The van der Waals surface area contributed by atoms with Crippen molar-refractivity contribution < 1.29 is 9.47 Å². The maximum atomic E-state index is 5.41. The van der Waals surface area contributed by atoms with E-state index in [0.29, 0.717) is 6.79 Å². The Morgan fingerprint density at radius 2 is 1.80 bits per heavy atom. The fourth-order valence-corrected chi connectivity index (χ4v) is 2.46. The molecule has 2 aromatic rings. The van der Waals surface area contributed by atoms with E-state index >= 15 is 0 Å². The van der Waals surface area contributed by atoms with E-state index in [-0.39, 0.29) is 6.17 Å². The summed E-state index contributed by atoms with van der Waals surface area (Å²) in [6.07, 6.45) is 2.10. The summed E-state index contributed by atoms with van der Waals surface area (Å²) in [6, 6.07) is 16.3. The Balaban J connectivity index is 1.56. The molecular formula is C16H14N2O2. The Morgan fingerprint density at radius 1 is 0.950 bits per heavy atom. The van der Waals surface area contributed by atoms with Crippen LogP contribution in [-0.2, 0) is 0 Å². The van der Waals surface area contributed by atoms with Crippen molar-refractivity contribution in [1.29, 1.82) is 0 Å². The van der Waals surface area contributed by atoms with Gasteiger partial charge in [-0.15, -0.1) is 0 Å². The number of ether oxygens (including phenoxy) is 2. The lowest BCUT2D eigenvalue weighted by Crippen LogP contribution is -2.22. The number of fused-ring (bicyclic) bond motifs is 1. The van der Waals surface area contributed by atoms with Gasteiger partial charge in [0.25, 0.3) is 0 Å². The monoisotopic (exact) mass is 266 g/mol. The molecule has 2 aliphatic heterocycles. The summed E-state index contributed by atoms with van der Waals surface area (Å²) in [7, 11) is 0. The maximum Gasteiger partial charge on any atom is 0.231 e. The number of nitrogens with one attached hydrogen (secondary N) is 2. The largest absolute Gasteiger partial charge is 0.454 e. The highest BCUT2D eigenvalue weighted by atomic mass is 16.7. The zero-order valence-electron chi connectivity index (χ0n) is 10.8. The Morgan fingerprint density at radius 3 is 2.70 bits per heavy atom. The average molecular weight is 266 g/mol. The van der Waals surface area contributed by atoms with Gasteiger partial charge >= 0.3 is 0 Å². The van der Waals surface area contributed by atoms with Crippen LogP contribution in [0.1, 0.15) is 17.3 Å². The van der Waals surface area contributed by atoms with Crippen LogP contribution in [0.15, 0.2) is 54.7 Å². The number of benzene rings is 2. The van der Waals surface area contributed by atoms with Gasteiger partial charge in [-0.25, -0.2) is 0 Å². The van der Waals surface area contributed by atoms with Crippen molar-refractivity contribution in [3.8, 4) is 11.5 Å². The number of hydrogen-bond acceptors (Lipinski definition) is 4. The normalized spacial score (nSPS) is 19.2. The molecule has 4 heteroatoms. The molecule has 2 aromatic carbocycles. The van der Waals surface area contributed by atoms with Crippen LogP contribution in [0.2, 0.25) is 0 Å².